The first kappa shape index (κ1) is 42.4. The molecule has 0 fully saturated rings. The highest BCUT2D eigenvalue weighted by atomic mass is 16.3. The van der Waals surface area contributed by atoms with Crippen molar-refractivity contribution in [3.8, 4) is 55.6 Å². The van der Waals surface area contributed by atoms with Gasteiger partial charge < -0.3 is 9.32 Å². The monoisotopic (exact) mass is 929 g/mol. The minimum Gasteiger partial charge on any atom is -0.456 e. The summed E-state index contributed by atoms with van der Waals surface area (Å²) in [4.78, 5) is 2.41. The SMILES string of the molecule is c1ccc(C2(c3ccccc3)c3ccccc3-c3c(-c4ccc(N(c5ccc(-c6ccc(-c7cccc8ccccc78)cc6)cc5)c5ccccc5-c5ccc6oc7ccccc7c6c5)cc4)cccc32)cc1. The molecule has 0 unspecified atom stereocenters. The Morgan fingerprint density at radius 1 is 0.288 bits per heavy atom. The standard InChI is InChI=1S/C71H47NO/c1-3-19-54(20-4-1)71(55-21-5-2-6-22-55)65-29-12-9-26-63(65)70-61(28-16-30-66(70)71)52-39-44-57(45-40-52)72(67-31-13-10-24-60(67)53-41-46-69-64(47-53)62-25-11-14-32-68(62)73-69)56-42-37-49(38-43-56)48-33-35-51(36-34-48)59-27-15-18-50-17-7-8-23-58(50)59/h1-47H. The van der Waals surface area contributed by atoms with Crippen molar-refractivity contribution in [2.45, 2.75) is 5.41 Å². The molecule has 1 aliphatic rings. The van der Waals surface area contributed by atoms with Gasteiger partial charge in [0.1, 0.15) is 11.2 Å². The summed E-state index contributed by atoms with van der Waals surface area (Å²) in [7, 11) is 0. The van der Waals surface area contributed by atoms with Crippen LogP contribution in [0, 0.1) is 0 Å². The molecular weight excluding hydrogens is 883 g/mol. The number of hydrogen-bond donors (Lipinski definition) is 0. The molecule has 0 amide bonds. The molecule has 0 atom stereocenters. The Kier molecular flexibility index (Phi) is 10.1. The summed E-state index contributed by atoms with van der Waals surface area (Å²) in [6.45, 7) is 0. The molecule has 2 heteroatoms. The van der Waals surface area contributed by atoms with Crippen molar-refractivity contribution >= 4 is 49.8 Å². The average Bonchev–Trinajstić information content (AvgIpc) is 4.05. The first-order chi connectivity index (χ1) is 36.2. The third kappa shape index (κ3) is 6.94. The van der Waals surface area contributed by atoms with Gasteiger partial charge in [-0.3, -0.25) is 0 Å². The van der Waals surface area contributed by atoms with Gasteiger partial charge in [-0.1, -0.05) is 237 Å². The van der Waals surface area contributed by atoms with E-state index in [1.807, 2.05) is 12.1 Å². The predicted molar refractivity (Wildman–Crippen MR) is 305 cm³/mol. The zero-order valence-corrected chi connectivity index (χ0v) is 40.0. The number of benzene rings is 12. The third-order valence-corrected chi connectivity index (χ3v) is 15.2. The zero-order chi connectivity index (χ0) is 48.3. The average molecular weight is 930 g/mol. The maximum atomic E-state index is 6.29. The lowest BCUT2D eigenvalue weighted by atomic mass is 9.67. The van der Waals surface area contributed by atoms with Crippen molar-refractivity contribution in [2.24, 2.45) is 0 Å². The molecule has 73 heavy (non-hydrogen) atoms. The summed E-state index contributed by atoms with van der Waals surface area (Å²) >= 11 is 0. The maximum Gasteiger partial charge on any atom is 0.135 e. The van der Waals surface area contributed by atoms with Crippen LogP contribution in [0.4, 0.5) is 17.1 Å². The number of para-hydroxylation sites is 2. The second-order valence-corrected chi connectivity index (χ2v) is 19.1. The summed E-state index contributed by atoms with van der Waals surface area (Å²) < 4.78 is 6.29. The van der Waals surface area contributed by atoms with Crippen LogP contribution in [-0.4, -0.2) is 0 Å². The Balaban J connectivity index is 0.889. The summed E-state index contributed by atoms with van der Waals surface area (Å²) in [6, 6.07) is 104. The van der Waals surface area contributed by atoms with E-state index in [9.17, 15) is 0 Å². The summed E-state index contributed by atoms with van der Waals surface area (Å²) in [5.74, 6) is 0. The Labute approximate surface area is 425 Å². The highest BCUT2D eigenvalue weighted by Crippen LogP contribution is 2.58. The van der Waals surface area contributed by atoms with Gasteiger partial charge >= 0.3 is 0 Å². The van der Waals surface area contributed by atoms with Crippen LogP contribution in [0.1, 0.15) is 22.3 Å². The zero-order valence-electron chi connectivity index (χ0n) is 40.0. The van der Waals surface area contributed by atoms with Gasteiger partial charge in [0.25, 0.3) is 0 Å². The molecule has 0 N–H and O–H groups in total. The van der Waals surface area contributed by atoms with Gasteiger partial charge in [-0.25, -0.2) is 0 Å². The molecule has 0 radical (unpaired) electrons. The highest BCUT2D eigenvalue weighted by Gasteiger charge is 2.46. The number of nitrogens with zero attached hydrogens (tertiary/aromatic N) is 1. The van der Waals surface area contributed by atoms with Gasteiger partial charge in [-0.2, -0.15) is 0 Å². The Hall–Kier alpha value is -9.50. The van der Waals surface area contributed by atoms with Crippen LogP contribution in [0.2, 0.25) is 0 Å². The van der Waals surface area contributed by atoms with Crippen molar-refractivity contribution in [2.75, 3.05) is 4.90 Å². The van der Waals surface area contributed by atoms with E-state index in [0.29, 0.717) is 0 Å². The van der Waals surface area contributed by atoms with E-state index in [2.05, 4.69) is 278 Å². The van der Waals surface area contributed by atoms with E-state index in [0.717, 1.165) is 55.7 Å². The molecule has 2 nitrogen and oxygen atoms in total. The highest BCUT2D eigenvalue weighted by molar-refractivity contribution is 6.07. The van der Waals surface area contributed by atoms with Crippen LogP contribution in [0.15, 0.2) is 290 Å². The van der Waals surface area contributed by atoms with Crippen molar-refractivity contribution in [1.29, 1.82) is 0 Å². The number of furan rings is 1. The minimum atomic E-state index is -0.471. The van der Waals surface area contributed by atoms with Crippen LogP contribution in [0.5, 0.6) is 0 Å². The molecule has 0 aliphatic heterocycles. The normalized spacial score (nSPS) is 12.5. The van der Waals surface area contributed by atoms with Crippen molar-refractivity contribution in [3.05, 3.63) is 307 Å². The lowest BCUT2D eigenvalue weighted by molar-refractivity contribution is 0.669. The van der Waals surface area contributed by atoms with Crippen LogP contribution >= 0.6 is 0 Å². The lowest BCUT2D eigenvalue weighted by Crippen LogP contribution is -2.28. The van der Waals surface area contributed by atoms with Gasteiger partial charge in [0, 0.05) is 27.7 Å². The smallest absolute Gasteiger partial charge is 0.135 e. The van der Waals surface area contributed by atoms with Gasteiger partial charge in [-0.05, 0) is 132 Å². The fourth-order valence-corrected chi connectivity index (χ4v) is 11.9. The van der Waals surface area contributed by atoms with Gasteiger partial charge in [0.05, 0.1) is 11.1 Å². The molecule has 0 saturated carbocycles. The topological polar surface area (TPSA) is 16.4 Å². The molecule has 342 valence electrons. The fourth-order valence-electron chi connectivity index (χ4n) is 11.9. The summed E-state index contributed by atoms with van der Waals surface area (Å²) in [5.41, 5.74) is 21.6. The van der Waals surface area contributed by atoms with Crippen LogP contribution in [0.25, 0.3) is 88.3 Å². The molecule has 0 bridgehead atoms. The molecule has 1 heterocycles. The quantitative estimate of drug-likeness (QED) is 0.143. The summed E-state index contributed by atoms with van der Waals surface area (Å²) in [5, 5.41) is 4.73. The second-order valence-electron chi connectivity index (χ2n) is 19.1. The predicted octanol–water partition coefficient (Wildman–Crippen LogP) is 19.2. The Morgan fingerprint density at radius 3 is 1.51 bits per heavy atom. The van der Waals surface area contributed by atoms with Crippen LogP contribution in [-0.2, 0) is 5.41 Å². The molecule has 1 aromatic heterocycles. The lowest BCUT2D eigenvalue weighted by Gasteiger charge is -2.34. The fraction of sp³-hybridized carbons (Fsp3) is 0.0141. The van der Waals surface area contributed by atoms with Crippen molar-refractivity contribution in [1.82, 2.24) is 0 Å². The molecule has 13 aromatic rings. The van der Waals surface area contributed by atoms with Crippen LogP contribution in [0.3, 0.4) is 0 Å². The molecule has 0 spiro atoms. The van der Waals surface area contributed by atoms with E-state index in [4.69, 9.17) is 4.42 Å². The van der Waals surface area contributed by atoms with E-state index in [-0.39, 0.29) is 0 Å². The van der Waals surface area contributed by atoms with Gasteiger partial charge in [0.15, 0.2) is 0 Å². The van der Waals surface area contributed by atoms with E-state index in [1.54, 1.807) is 0 Å². The molecule has 14 rings (SSSR count). The third-order valence-electron chi connectivity index (χ3n) is 15.2. The van der Waals surface area contributed by atoms with Crippen LogP contribution < -0.4 is 4.90 Å². The van der Waals surface area contributed by atoms with E-state index >= 15 is 0 Å². The molecule has 1 aliphatic carbocycles. The minimum absolute atomic E-state index is 0.471. The number of anilines is 3. The first-order valence-electron chi connectivity index (χ1n) is 25.2. The summed E-state index contributed by atoms with van der Waals surface area (Å²) in [6.07, 6.45) is 0. The van der Waals surface area contributed by atoms with Crippen molar-refractivity contribution < 1.29 is 4.42 Å². The largest absolute Gasteiger partial charge is 0.456 e. The Bertz CT molecular complexity index is 4130. The number of fused-ring (bicyclic) bond motifs is 7. The number of hydrogen-bond acceptors (Lipinski definition) is 2. The van der Waals surface area contributed by atoms with Crippen molar-refractivity contribution in [3.63, 3.8) is 0 Å². The molecule has 0 saturated heterocycles. The van der Waals surface area contributed by atoms with E-state index in [1.165, 1.54) is 72.0 Å². The second kappa shape index (κ2) is 17.4. The van der Waals surface area contributed by atoms with E-state index < -0.39 is 5.41 Å². The van der Waals surface area contributed by atoms with Gasteiger partial charge in [0.2, 0.25) is 0 Å². The first-order valence-corrected chi connectivity index (χ1v) is 25.2. The maximum absolute atomic E-state index is 6.29. The Morgan fingerprint density at radius 2 is 0.767 bits per heavy atom. The molecular formula is C71H47NO. The molecule has 12 aromatic carbocycles. The number of rotatable bonds is 9. The van der Waals surface area contributed by atoms with Gasteiger partial charge in [-0.15, -0.1) is 0 Å².